The number of anilines is 1. The molecular formula is C10H13N7O2S. The van der Waals surface area contributed by atoms with Crippen molar-refractivity contribution in [2.45, 2.75) is 18.1 Å². The van der Waals surface area contributed by atoms with Crippen LogP contribution in [0.25, 0.3) is 0 Å². The first-order valence-corrected chi connectivity index (χ1v) is 7.35. The van der Waals surface area contributed by atoms with Crippen molar-refractivity contribution in [3.05, 3.63) is 30.5 Å². The molecule has 0 radical (unpaired) electrons. The van der Waals surface area contributed by atoms with Gasteiger partial charge in [0, 0.05) is 19.3 Å². The van der Waals surface area contributed by atoms with Gasteiger partial charge in [-0.2, -0.15) is 4.31 Å². The van der Waals surface area contributed by atoms with Crippen molar-refractivity contribution in [3.63, 3.8) is 0 Å². The lowest BCUT2D eigenvalue weighted by Gasteiger charge is -2.26. The lowest BCUT2D eigenvalue weighted by atomic mass is 10.4. The minimum atomic E-state index is -3.73. The van der Waals surface area contributed by atoms with Crippen molar-refractivity contribution < 1.29 is 8.42 Å². The van der Waals surface area contributed by atoms with E-state index in [2.05, 4.69) is 20.6 Å². The summed E-state index contributed by atoms with van der Waals surface area (Å²) < 4.78 is 28.4. The van der Waals surface area contributed by atoms with Gasteiger partial charge in [0.05, 0.1) is 12.2 Å². The highest BCUT2D eigenvalue weighted by Gasteiger charge is 2.32. The highest BCUT2D eigenvalue weighted by molar-refractivity contribution is 7.89. The fraction of sp³-hybridized carbons (Fsp3) is 0.300. The zero-order valence-corrected chi connectivity index (χ0v) is 11.3. The summed E-state index contributed by atoms with van der Waals surface area (Å²) in [5, 5.41) is 7.59. The standard InChI is InChI=1S/C10H13N7O2S/c11-14-8-2-1-3-12-10(8)20(18,19)17-5-4-16-7-13-15-9(16)6-17/h1-3,7,14H,4-6,11H2. The second-order valence-electron chi connectivity index (χ2n) is 4.28. The molecule has 0 aliphatic carbocycles. The molecule has 106 valence electrons. The van der Waals surface area contributed by atoms with E-state index in [4.69, 9.17) is 5.84 Å². The van der Waals surface area contributed by atoms with Crippen molar-refractivity contribution in [1.29, 1.82) is 0 Å². The molecule has 0 fully saturated rings. The smallest absolute Gasteiger partial charge is 0.263 e. The van der Waals surface area contributed by atoms with Gasteiger partial charge in [-0.1, -0.05) is 0 Å². The third kappa shape index (κ3) is 2.03. The molecule has 0 bridgehead atoms. The van der Waals surface area contributed by atoms with Crippen LogP contribution >= 0.6 is 0 Å². The normalized spacial score (nSPS) is 15.8. The first-order valence-electron chi connectivity index (χ1n) is 5.91. The summed E-state index contributed by atoms with van der Waals surface area (Å²) in [7, 11) is -3.73. The van der Waals surface area contributed by atoms with E-state index in [0.717, 1.165) is 0 Å². The lowest BCUT2D eigenvalue weighted by Crippen LogP contribution is -2.39. The molecule has 10 heteroatoms. The molecule has 0 atom stereocenters. The van der Waals surface area contributed by atoms with Crippen LogP contribution in [0.4, 0.5) is 5.69 Å². The van der Waals surface area contributed by atoms with Crippen molar-refractivity contribution in [1.82, 2.24) is 24.1 Å². The van der Waals surface area contributed by atoms with Crippen LogP contribution in [0.1, 0.15) is 5.82 Å². The minimum absolute atomic E-state index is 0.0875. The summed E-state index contributed by atoms with van der Waals surface area (Å²) in [4.78, 5) is 3.93. The summed E-state index contributed by atoms with van der Waals surface area (Å²) in [5.74, 6) is 5.95. The maximum absolute atomic E-state index is 12.6. The Hall–Kier alpha value is -2.04. The van der Waals surface area contributed by atoms with E-state index >= 15 is 0 Å². The number of nitrogens with two attached hydrogens (primary N) is 1. The predicted octanol–water partition coefficient (Wildman–Crippen LogP) is -0.837. The van der Waals surface area contributed by atoms with E-state index in [-0.39, 0.29) is 17.3 Å². The summed E-state index contributed by atoms with van der Waals surface area (Å²) >= 11 is 0. The van der Waals surface area contributed by atoms with Crippen molar-refractivity contribution in [2.24, 2.45) is 5.84 Å². The number of sulfonamides is 1. The summed E-state index contributed by atoms with van der Waals surface area (Å²) in [6.45, 7) is 1.02. The number of fused-ring (bicyclic) bond motifs is 1. The molecule has 1 aliphatic heterocycles. The van der Waals surface area contributed by atoms with E-state index in [1.165, 1.54) is 10.5 Å². The number of rotatable bonds is 3. The van der Waals surface area contributed by atoms with Gasteiger partial charge in [0.15, 0.2) is 5.03 Å². The molecule has 3 heterocycles. The first-order chi connectivity index (χ1) is 9.63. The van der Waals surface area contributed by atoms with Gasteiger partial charge in [-0.15, -0.1) is 10.2 Å². The molecule has 3 N–H and O–H groups in total. The van der Waals surface area contributed by atoms with Gasteiger partial charge < -0.3 is 9.99 Å². The van der Waals surface area contributed by atoms with Crippen LogP contribution < -0.4 is 11.3 Å². The van der Waals surface area contributed by atoms with Gasteiger partial charge in [-0.3, -0.25) is 5.84 Å². The molecule has 0 spiro atoms. The van der Waals surface area contributed by atoms with Gasteiger partial charge in [0.25, 0.3) is 10.0 Å². The molecule has 9 nitrogen and oxygen atoms in total. The van der Waals surface area contributed by atoms with Gasteiger partial charge in [0.2, 0.25) is 0 Å². The number of nitrogens with one attached hydrogen (secondary N) is 1. The number of hydrogen-bond acceptors (Lipinski definition) is 7. The predicted molar refractivity (Wildman–Crippen MR) is 69.7 cm³/mol. The maximum Gasteiger partial charge on any atom is 0.263 e. The van der Waals surface area contributed by atoms with E-state index in [1.54, 1.807) is 18.5 Å². The molecule has 0 aromatic carbocycles. The van der Waals surface area contributed by atoms with Crippen LogP contribution in [0.5, 0.6) is 0 Å². The van der Waals surface area contributed by atoms with Gasteiger partial charge >= 0.3 is 0 Å². The highest BCUT2D eigenvalue weighted by atomic mass is 32.2. The van der Waals surface area contributed by atoms with Gasteiger partial charge in [0.1, 0.15) is 12.2 Å². The average Bonchev–Trinajstić information content (AvgIpc) is 2.94. The van der Waals surface area contributed by atoms with E-state index in [9.17, 15) is 8.42 Å². The molecular weight excluding hydrogens is 282 g/mol. The lowest BCUT2D eigenvalue weighted by molar-refractivity contribution is 0.334. The second-order valence-corrected chi connectivity index (χ2v) is 6.13. The topological polar surface area (TPSA) is 119 Å². The molecule has 3 rings (SSSR count). The van der Waals surface area contributed by atoms with Crippen LogP contribution in [0.3, 0.4) is 0 Å². The number of hydrazine groups is 1. The monoisotopic (exact) mass is 295 g/mol. The summed E-state index contributed by atoms with van der Waals surface area (Å²) in [6.07, 6.45) is 3.01. The van der Waals surface area contributed by atoms with Gasteiger partial charge in [-0.05, 0) is 12.1 Å². The zero-order valence-electron chi connectivity index (χ0n) is 10.5. The molecule has 2 aromatic heterocycles. The Morgan fingerprint density at radius 1 is 1.35 bits per heavy atom. The molecule has 0 saturated heterocycles. The SMILES string of the molecule is NNc1cccnc1S(=O)(=O)N1CCn2cnnc2C1. The number of nitrogen functional groups attached to an aromatic ring is 1. The van der Waals surface area contributed by atoms with Crippen LogP contribution in [-0.4, -0.2) is 39.0 Å². The second kappa shape index (κ2) is 4.81. The fourth-order valence-electron chi connectivity index (χ4n) is 2.08. The third-order valence-corrected chi connectivity index (χ3v) is 4.92. The van der Waals surface area contributed by atoms with Crippen LogP contribution in [0.15, 0.2) is 29.7 Å². The molecule has 0 saturated carbocycles. The first kappa shape index (κ1) is 13.0. The van der Waals surface area contributed by atoms with Gasteiger partial charge in [-0.25, -0.2) is 13.4 Å². The zero-order chi connectivity index (χ0) is 14.2. The average molecular weight is 295 g/mol. The maximum atomic E-state index is 12.6. The Balaban J connectivity index is 1.97. The van der Waals surface area contributed by atoms with E-state index < -0.39 is 10.0 Å². The Morgan fingerprint density at radius 3 is 3.00 bits per heavy atom. The molecule has 1 aliphatic rings. The number of pyridine rings is 1. The van der Waals surface area contributed by atoms with Crippen molar-refractivity contribution in [2.75, 3.05) is 12.0 Å². The third-order valence-electron chi connectivity index (χ3n) is 3.11. The Labute approximate surface area is 115 Å². The van der Waals surface area contributed by atoms with Crippen molar-refractivity contribution >= 4 is 15.7 Å². The Kier molecular flexibility index (Phi) is 3.12. The summed E-state index contributed by atoms with van der Waals surface area (Å²) in [5.41, 5.74) is 2.62. The number of nitrogens with zero attached hydrogens (tertiary/aromatic N) is 5. The molecule has 2 aromatic rings. The molecule has 0 amide bonds. The molecule has 20 heavy (non-hydrogen) atoms. The Morgan fingerprint density at radius 2 is 2.20 bits per heavy atom. The largest absolute Gasteiger partial charge is 0.321 e. The van der Waals surface area contributed by atoms with E-state index in [0.29, 0.717) is 18.9 Å². The highest BCUT2D eigenvalue weighted by Crippen LogP contribution is 2.24. The summed E-state index contributed by atoms with van der Waals surface area (Å²) in [6, 6.07) is 3.17. The Bertz CT molecular complexity index is 727. The minimum Gasteiger partial charge on any atom is -0.321 e. The number of hydrogen-bond donors (Lipinski definition) is 2. The molecule has 0 unspecified atom stereocenters. The van der Waals surface area contributed by atoms with Crippen LogP contribution in [-0.2, 0) is 23.1 Å². The van der Waals surface area contributed by atoms with Crippen molar-refractivity contribution in [3.8, 4) is 0 Å². The fourth-order valence-corrected chi connectivity index (χ4v) is 3.53. The quantitative estimate of drug-likeness (QED) is 0.560. The number of aromatic nitrogens is 4. The van der Waals surface area contributed by atoms with Crippen LogP contribution in [0, 0.1) is 0 Å². The van der Waals surface area contributed by atoms with Crippen LogP contribution in [0.2, 0.25) is 0 Å². The van der Waals surface area contributed by atoms with E-state index in [1.807, 2.05) is 4.57 Å².